The Morgan fingerprint density at radius 1 is 1.11 bits per heavy atom. The van der Waals surface area contributed by atoms with Gasteiger partial charge in [-0.25, -0.2) is 4.39 Å². The van der Waals surface area contributed by atoms with Crippen molar-refractivity contribution in [3.63, 3.8) is 0 Å². The molecule has 18 heavy (non-hydrogen) atoms. The van der Waals surface area contributed by atoms with Crippen LogP contribution in [0.1, 0.15) is 31.9 Å². The first kappa shape index (κ1) is 13.4. The maximum atomic E-state index is 13.5. The number of aryl methyl sites for hydroxylation is 3. The number of carbonyl (C=O) groups excluding carboxylic acids is 1. The standard InChI is InChI=1S/C14H12BrFOS/c1-7-4-10(5-8(2)12(7)16)13(17)11-6-9(3)14(15)18-11/h4-6H,1-3H3. The zero-order valence-electron chi connectivity index (χ0n) is 10.3. The molecule has 0 saturated carbocycles. The molecule has 0 amide bonds. The van der Waals surface area contributed by atoms with Crippen LogP contribution in [-0.4, -0.2) is 5.78 Å². The summed E-state index contributed by atoms with van der Waals surface area (Å²) < 4.78 is 14.5. The van der Waals surface area contributed by atoms with Gasteiger partial charge in [-0.1, -0.05) is 0 Å². The molecule has 0 aliphatic rings. The zero-order valence-corrected chi connectivity index (χ0v) is 12.7. The molecule has 0 aliphatic carbocycles. The van der Waals surface area contributed by atoms with Crippen LogP contribution in [0.3, 0.4) is 0 Å². The summed E-state index contributed by atoms with van der Waals surface area (Å²) in [5.74, 6) is -0.296. The van der Waals surface area contributed by atoms with Gasteiger partial charge >= 0.3 is 0 Å². The van der Waals surface area contributed by atoms with Crippen LogP contribution in [0.15, 0.2) is 22.0 Å². The predicted molar refractivity (Wildman–Crippen MR) is 76.1 cm³/mol. The molecule has 0 aliphatic heterocycles. The third-order valence-corrected chi connectivity index (χ3v) is 4.92. The minimum atomic E-state index is -0.241. The molecule has 0 fully saturated rings. The lowest BCUT2D eigenvalue weighted by atomic mass is 10.0. The number of rotatable bonds is 2. The van der Waals surface area contributed by atoms with Gasteiger partial charge in [-0.15, -0.1) is 11.3 Å². The highest BCUT2D eigenvalue weighted by Gasteiger charge is 2.15. The van der Waals surface area contributed by atoms with E-state index in [-0.39, 0.29) is 11.6 Å². The Hall–Kier alpha value is -1.00. The van der Waals surface area contributed by atoms with E-state index in [9.17, 15) is 9.18 Å². The van der Waals surface area contributed by atoms with Gasteiger partial charge < -0.3 is 0 Å². The first-order valence-electron chi connectivity index (χ1n) is 5.47. The maximum Gasteiger partial charge on any atom is 0.203 e. The van der Waals surface area contributed by atoms with Crippen LogP contribution in [-0.2, 0) is 0 Å². The molecule has 0 radical (unpaired) electrons. The molecule has 1 aromatic carbocycles. The first-order valence-corrected chi connectivity index (χ1v) is 7.08. The van der Waals surface area contributed by atoms with Crippen molar-refractivity contribution in [3.8, 4) is 0 Å². The number of hydrogen-bond acceptors (Lipinski definition) is 2. The summed E-state index contributed by atoms with van der Waals surface area (Å²) in [4.78, 5) is 13.0. The molecule has 1 heterocycles. The second kappa shape index (κ2) is 4.94. The molecule has 0 unspecified atom stereocenters. The lowest BCUT2D eigenvalue weighted by molar-refractivity contribution is 0.104. The first-order chi connectivity index (χ1) is 8.40. The van der Waals surface area contributed by atoms with Crippen molar-refractivity contribution in [1.29, 1.82) is 0 Å². The van der Waals surface area contributed by atoms with Gasteiger partial charge in [0.05, 0.1) is 8.66 Å². The fraction of sp³-hybridized carbons (Fsp3) is 0.214. The average Bonchev–Trinajstić information content (AvgIpc) is 2.65. The van der Waals surface area contributed by atoms with Gasteiger partial charge in [0.1, 0.15) is 5.82 Å². The quantitative estimate of drug-likeness (QED) is 0.724. The number of thiophene rings is 1. The number of benzene rings is 1. The van der Waals surface area contributed by atoms with Crippen LogP contribution in [0, 0.1) is 26.6 Å². The average molecular weight is 327 g/mol. The van der Waals surface area contributed by atoms with Crippen molar-refractivity contribution >= 4 is 33.0 Å². The van der Waals surface area contributed by atoms with E-state index >= 15 is 0 Å². The zero-order chi connectivity index (χ0) is 13.4. The molecular weight excluding hydrogens is 315 g/mol. The number of ketones is 1. The van der Waals surface area contributed by atoms with Gasteiger partial charge in [0.2, 0.25) is 5.78 Å². The van der Waals surface area contributed by atoms with Crippen LogP contribution in [0.2, 0.25) is 0 Å². The van der Waals surface area contributed by atoms with Gasteiger partial charge in [0.15, 0.2) is 0 Å². The normalized spacial score (nSPS) is 10.7. The molecule has 2 rings (SSSR count). The molecule has 0 atom stereocenters. The van der Waals surface area contributed by atoms with E-state index in [1.165, 1.54) is 11.3 Å². The van der Waals surface area contributed by atoms with E-state index in [1.54, 1.807) is 26.0 Å². The molecule has 1 aromatic heterocycles. The number of carbonyl (C=O) groups is 1. The molecule has 0 spiro atoms. The van der Waals surface area contributed by atoms with Crippen LogP contribution in [0.25, 0.3) is 0 Å². The second-order valence-corrected chi connectivity index (χ2v) is 6.69. The molecule has 4 heteroatoms. The highest BCUT2D eigenvalue weighted by atomic mass is 79.9. The van der Waals surface area contributed by atoms with Crippen molar-refractivity contribution in [2.75, 3.05) is 0 Å². The van der Waals surface area contributed by atoms with Crippen molar-refractivity contribution in [2.45, 2.75) is 20.8 Å². The van der Waals surface area contributed by atoms with Crippen LogP contribution in [0.4, 0.5) is 4.39 Å². The van der Waals surface area contributed by atoms with E-state index < -0.39 is 0 Å². The fourth-order valence-corrected chi connectivity index (χ4v) is 3.29. The second-order valence-electron chi connectivity index (χ2n) is 4.32. The minimum Gasteiger partial charge on any atom is -0.288 e. The van der Waals surface area contributed by atoms with Gasteiger partial charge in [-0.3, -0.25) is 4.79 Å². The van der Waals surface area contributed by atoms with E-state index in [1.807, 2.05) is 13.0 Å². The van der Waals surface area contributed by atoms with Crippen LogP contribution >= 0.6 is 27.3 Å². The lowest BCUT2D eigenvalue weighted by Gasteiger charge is -2.04. The monoisotopic (exact) mass is 326 g/mol. The van der Waals surface area contributed by atoms with E-state index in [4.69, 9.17) is 0 Å². The number of halogens is 2. The Morgan fingerprint density at radius 2 is 1.67 bits per heavy atom. The number of hydrogen-bond donors (Lipinski definition) is 0. The Morgan fingerprint density at radius 3 is 2.11 bits per heavy atom. The topological polar surface area (TPSA) is 17.1 Å². The van der Waals surface area contributed by atoms with Crippen molar-refractivity contribution in [3.05, 3.63) is 54.9 Å². The SMILES string of the molecule is Cc1cc(C(=O)c2cc(C)c(F)c(C)c2)sc1Br. The summed E-state index contributed by atoms with van der Waals surface area (Å²) in [6.07, 6.45) is 0. The summed E-state index contributed by atoms with van der Waals surface area (Å²) in [7, 11) is 0. The van der Waals surface area contributed by atoms with Gasteiger partial charge in [-0.2, -0.15) is 0 Å². The van der Waals surface area contributed by atoms with Crippen molar-refractivity contribution < 1.29 is 9.18 Å². The summed E-state index contributed by atoms with van der Waals surface area (Å²) in [5, 5.41) is 0. The van der Waals surface area contributed by atoms with Gasteiger partial charge in [0, 0.05) is 5.56 Å². The fourth-order valence-electron chi connectivity index (χ4n) is 1.79. The Labute approximate surface area is 118 Å². The highest BCUT2D eigenvalue weighted by molar-refractivity contribution is 9.11. The Balaban J connectivity index is 2.46. The molecule has 1 nitrogen and oxygen atoms in total. The molecule has 2 aromatic rings. The largest absolute Gasteiger partial charge is 0.288 e. The van der Waals surface area contributed by atoms with Crippen LogP contribution in [0.5, 0.6) is 0 Å². The minimum absolute atomic E-state index is 0.0556. The molecule has 0 bridgehead atoms. The van der Waals surface area contributed by atoms with E-state index in [2.05, 4.69) is 15.9 Å². The van der Waals surface area contributed by atoms with E-state index in [0.29, 0.717) is 21.6 Å². The lowest BCUT2D eigenvalue weighted by Crippen LogP contribution is -2.01. The molecular formula is C14H12BrFOS. The van der Waals surface area contributed by atoms with Gasteiger partial charge in [-0.05, 0) is 71.6 Å². The third kappa shape index (κ3) is 2.40. The van der Waals surface area contributed by atoms with Crippen molar-refractivity contribution in [2.24, 2.45) is 0 Å². The smallest absolute Gasteiger partial charge is 0.203 e. The summed E-state index contributed by atoms with van der Waals surface area (Å²) >= 11 is 4.81. The highest BCUT2D eigenvalue weighted by Crippen LogP contribution is 2.29. The summed E-state index contributed by atoms with van der Waals surface area (Å²) in [6.45, 7) is 5.29. The maximum absolute atomic E-state index is 13.5. The molecule has 94 valence electrons. The Bertz CT molecular complexity index is 588. The predicted octanol–water partition coefficient (Wildman–Crippen LogP) is 4.81. The summed E-state index contributed by atoms with van der Waals surface area (Å²) in [6, 6.07) is 5.06. The molecule has 0 N–H and O–H groups in total. The Kier molecular flexibility index (Phi) is 3.69. The molecule has 0 saturated heterocycles. The summed E-state index contributed by atoms with van der Waals surface area (Å²) in [5.41, 5.74) is 2.59. The van der Waals surface area contributed by atoms with Crippen molar-refractivity contribution in [1.82, 2.24) is 0 Å². The van der Waals surface area contributed by atoms with E-state index in [0.717, 1.165) is 9.35 Å². The van der Waals surface area contributed by atoms with Gasteiger partial charge in [0.25, 0.3) is 0 Å². The van der Waals surface area contributed by atoms with Crippen LogP contribution < -0.4 is 0 Å². The third-order valence-electron chi connectivity index (χ3n) is 2.78.